The number of imidazole rings is 1. The summed E-state index contributed by atoms with van der Waals surface area (Å²) in [5.41, 5.74) is 2.16. The van der Waals surface area contributed by atoms with Crippen LogP contribution in [0.2, 0.25) is 0 Å². The van der Waals surface area contributed by atoms with Crippen LogP contribution in [0.3, 0.4) is 0 Å². The Bertz CT molecular complexity index is 625. The van der Waals surface area contributed by atoms with E-state index in [2.05, 4.69) is 29.1 Å². The molecule has 1 aromatic heterocycles. The van der Waals surface area contributed by atoms with Crippen LogP contribution in [0.5, 0.6) is 0 Å². The number of benzene rings is 1. The molecule has 1 amide bonds. The van der Waals surface area contributed by atoms with E-state index in [1.165, 1.54) is 0 Å². The fraction of sp³-hybridized carbons (Fsp3) is 0.429. The van der Waals surface area contributed by atoms with Crippen LogP contribution in [0.1, 0.15) is 25.8 Å². The zero-order valence-electron chi connectivity index (χ0n) is 11.2. The van der Waals surface area contributed by atoms with Gasteiger partial charge in [0.15, 0.2) is 0 Å². The van der Waals surface area contributed by atoms with Crippen LogP contribution in [0.4, 0.5) is 0 Å². The van der Waals surface area contributed by atoms with Gasteiger partial charge in [-0.15, -0.1) is 0 Å². The van der Waals surface area contributed by atoms with Gasteiger partial charge in [-0.05, 0) is 30.0 Å². The number of H-pyrrole nitrogens is 2. The number of fused-ring (bicyclic) bond motifs is 1. The minimum Gasteiger partial charge on any atom is -0.356 e. The lowest BCUT2D eigenvalue weighted by Gasteiger charge is -2.07. The Labute approximate surface area is 111 Å². The predicted molar refractivity (Wildman–Crippen MR) is 75.1 cm³/mol. The smallest absolute Gasteiger partial charge is 0.323 e. The molecular weight excluding hydrogens is 242 g/mol. The number of carbonyl (C=O) groups excluding carboxylic acids is 1. The lowest BCUT2D eigenvalue weighted by Crippen LogP contribution is -2.26. The van der Waals surface area contributed by atoms with Gasteiger partial charge in [0.25, 0.3) is 0 Å². The van der Waals surface area contributed by atoms with Crippen molar-refractivity contribution in [1.82, 2.24) is 15.3 Å². The first-order valence-electron chi connectivity index (χ1n) is 6.52. The van der Waals surface area contributed by atoms with Crippen molar-refractivity contribution in [3.05, 3.63) is 34.2 Å². The molecule has 3 N–H and O–H groups in total. The van der Waals surface area contributed by atoms with Gasteiger partial charge in [0, 0.05) is 6.54 Å². The van der Waals surface area contributed by atoms with Gasteiger partial charge in [0.1, 0.15) is 0 Å². The SMILES string of the molecule is CC(C)CCNC(=O)Cc1ccc2[nH]c(=O)[nH]c2c1. The van der Waals surface area contributed by atoms with Gasteiger partial charge in [-0.25, -0.2) is 4.79 Å². The highest BCUT2D eigenvalue weighted by atomic mass is 16.1. The Morgan fingerprint density at radius 2 is 2.00 bits per heavy atom. The van der Waals surface area contributed by atoms with Gasteiger partial charge in [-0.2, -0.15) is 0 Å². The molecule has 0 bridgehead atoms. The Kier molecular flexibility index (Phi) is 4.04. The van der Waals surface area contributed by atoms with E-state index in [0.29, 0.717) is 18.9 Å². The summed E-state index contributed by atoms with van der Waals surface area (Å²) in [5, 5.41) is 2.90. The molecule has 0 saturated carbocycles. The molecule has 1 aromatic carbocycles. The number of aromatic amines is 2. The number of amides is 1. The summed E-state index contributed by atoms with van der Waals surface area (Å²) < 4.78 is 0. The van der Waals surface area contributed by atoms with Crippen molar-refractivity contribution in [2.45, 2.75) is 26.7 Å². The fourth-order valence-corrected chi connectivity index (χ4v) is 1.94. The zero-order chi connectivity index (χ0) is 13.8. The van der Waals surface area contributed by atoms with Crippen LogP contribution < -0.4 is 11.0 Å². The summed E-state index contributed by atoms with van der Waals surface area (Å²) in [6.07, 6.45) is 1.32. The molecule has 102 valence electrons. The fourth-order valence-electron chi connectivity index (χ4n) is 1.94. The minimum absolute atomic E-state index is 0.0119. The van der Waals surface area contributed by atoms with Crippen molar-refractivity contribution in [2.24, 2.45) is 5.92 Å². The van der Waals surface area contributed by atoms with E-state index in [1.807, 2.05) is 18.2 Å². The maximum Gasteiger partial charge on any atom is 0.323 e. The standard InChI is InChI=1S/C14H19N3O2/c1-9(2)5-6-15-13(18)8-10-3-4-11-12(7-10)17-14(19)16-11/h3-4,7,9H,5-6,8H2,1-2H3,(H,15,18)(H2,16,17,19). The summed E-state index contributed by atoms with van der Waals surface area (Å²) in [6, 6.07) is 5.49. The first-order chi connectivity index (χ1) is 9.04. The Morgan fingerprint density at radius 3 is 2.74 bits per heavy atom. The maximum absolute atomic E-state index is 11.7. The number of hydrogen-bond donors (Lipinski definition) is 3. The second-order valence-electron chi connectivity index (χ2n) is 5.17. The van der Waals surface area contributed by atoms with Crippen molar-refractivity contribution < 1.29 is 4.79 Å². The Morgan fingerprint density at radius 1 is 1.26 bits per heavy atom. The van der Waals surface area contributed by atoms with E-state index in [0.717, 1.165) is 23.0 Å². The van der Waals surface area contributed by atoms with Crippen molar-refractivity contribution >= 4 is 16.9 Å². The van der Waals surface area contributed by atoms with Crippen LogP contribution in [0.25, 0.3) is 11.0 Å². The highest BCUT2D eigenvalue weighted by Crippen LogP contribution is 2.10. The molecule has 2 rings (SSSR count). The molecule has 0 saturated heterocycles. The first-order valence-corrected chi connectivity index (χ1v) is 6.52. The molecule has 0 atom stereocenters. The largest absolute Gasteiger partial charge is 0.356 e. The van der Waals surface area contributed by atoms with E-state index < -0.39 is 0 Å². The zero-order valence-corrected chi connectivity index (χ0v) is 11.2. The van der Waals surface area contributed by atoms with Gasteiger partial charge in [0.2, 0.25) is 5.91 Å². The second kappa shape index (κ2) is 5.73. The monoisotopic (exact) mass is 261 g/mol. The molecule has 0 fully saturated rings. The van der Waals surface area contributed by atoms with Crippen LogP contribution in [0, 0.1) is 5.92 Å². The number of aromatic nitrogens is 2. The molecule has 5 nitrogen and oxygen atoms in total. The van der Waals surface area contributed by atoms with Crippen LogP contribution >= 0.6 is 0 Å². The summed E-state index contributed by atoms with van der Waals surface area (Å²) in [7, 11) is 0. The van der Waals surface area contributed by atoms with E-state index in [4.69, 9.17) is 0 Å². The van der Waals surface area contributed by atoms with Gasteiger partial charge in [-0.3, -0.25) is 4.79 Å². The molecule has 0 radical (unpaired) electrons. The summed E-state index contributed by atoms with van der Waals surface area (Å²) >= 11 is 0. The predicted octanol–water partition coefficient (Wildman–Crippen LogP) is 1.56. The lowest BCUT2D eigenvalue weighted by atomic mass is 10.1. The molecule has 0 unspecified atom stereocenters. The van der Waals surface area contributed by atoms with Crippen molar-refractivity contribution in [3.63, 3.8) is 0 Å². The van der Waals surface area contributed by atoms with Crippen molar-refractivity contribution in [2.75, 3.05) is 6.54 Å². The van der Waals surface area contributed by atoms with E-state index >= 15 is 0 Å². The highest BCUT2D eigenvalue weighted by molar-refractivity contribution is 5.81. The molecule has 1 heterocycles. The summed E-state index contributed by atoms with van der Waals surface area (Å²) in [4.78, 5) is 28.2. The quantitative estimate of drug-likeness (QED) is 0.763. The summed E-state index contributed by atoms with van der Waals surface area (Å²) in [6.45, 7) is 4.96. The number of carbonyl (C=O) groups is 1. The molecule has 19 heavy (non-hydrogen) atoms. The summed E-state index contributed by atoms with van der Waals surface area (Å²) in [5.74, 6) is 0.597. The Hall–Kier alpha value is -2.04. The average molecular weight is 261 g/mol. The third kappa shape index (κ3) is 3.71. The lowest BCUT2D eigenvalue weighted by molar-refractivity contribution is -0.120. The number of nitrogens with one attached hydrogen (secondary N) is 3. The van der Waals surface area contributed by atoms with Crippen molar-refractivity contribution in [1.29, 1.82) is 0 Å². The van der Waals surface area contributed by atoms with Crippen LogP contribution in [-0.4, -0.2) is 22.4 Å². The third-order valence-corrected chi connectivity index (χ3v) is 2.99. The molecule has 0 aliphatic rings. The van der Waals surface area contributed by atoms with E-state index in [1.54, 1.807) is 0 Å². The van der Waals surface area contributed by atoms with E-state index in [-0.39, 0.29) is 11.6 Å². The second-order valence-corrected chi connectivity index (χ2v) is 5.17. The molecule has 0 aliphatic carbocycles. The van der Waals surface area contributed by atoms with Gasteiger partial charge in [-0.1, -0.05) is 19.9 Å². The number of rotatable bonds is 5. The van der Waals surface area contributed by atoms with Crippen LogP contribution in [0.15, 0.2) is 23.0 Å². The molecule has 2 aromatic rings. The van der Waals surface area contributed by atoms with Crippen LogP contribution in [-0.2, 0) is 11.2 Å². The van der Waals surface area contributed by atoms with Gasteiger partial charge >= 0.3 is 5.69 Å². The normalized spacial score (nSPS) is 11.1. The molecule has 0 aliphatic heterocycles. The van der Waals surface area contributed by atoms with Gasteiger partial charge in [0.05, 0.1) is 17.5 Å². The Balaban J connectivity index is 1.96. The minimum atomic E-state index is -0.228. The van der Waals surface area contributed by atoms with E-state index in [9.17, 15) is 9.59 Å². The average Bonchev–Trinajstić information content (AvgIpc) is 2.67. The number of hydrogen-bond acceptors (Lipinski definition) is 2. The molecular formula is C14H19N3O2. The maximum atomic E-state index is 11.7. The highest BCUT2D eigenvalue weighted by Gasteiger charge is 2.05. The first kappa shape index (κ1) is 13.4. The third-order valence-electron chi connectivity index (χ3n) is 2.99. The molecule has 0 spiro atoms. The topological polar surface area (TPSA) is 77.8 Å². The van der Waals surface area contributed by atoms with Gasteiger partial charge < -0.3 is 15.3 Å². The molecule has 5 heteroatoms. The van der Waals surface area contributed by atoms with Crippen molar-refractivity contribution in [3.8, 4) is 0 Å².